The standard InChI is InChI=1S/C14H20BrNO4/c1-3-4-5-20-14-10(15)6-9(7-12(14)19-2)11(16)8-13(17)18/h6-7,11H,3-5,8,16H2,1-2H3,(H,17,18)/t11-/m0/s1. The minimum Gasteiger partial charge on any atom is -0.550 e. The average Bonchev–Trinajstić information content (AvgIpc) is 2.39. The van der Waals surface area contributed by atoms with Crippen molar-refractivity contribution < 1.29 is 25.1 Å². The lowest BCUT2D eigenvalue weighted by atomic mass is 10.0. The molecule has 3 N–H and O–H groups in total. The molecule has 5 nitrogen and oxygen atoms in total. The molecule has 0 amide bonds. The van der Waals surface area contributed by atoms with E-state index >= 15 is 0 Å². The summed E-state index contributed by atoms with van der Waals surface area (Å²) in [5.74, 6) is 0.0752. The molecule has 20 heavy (non-hydrogen) atoms. The van der Waals surface area contributed by atoms with E-state index in [1.165, 1.54) is 0 Å². The van der Waals surface area contributed by atoms with Gasteiger partial charge in [0.2, 0.25) is 0 Å². The van der Waals surface area contributed by atoms with Gasteiger partial charge in [-0.25, -0.2) is 0 Å². The first-order valence-corrected chi connectivity index (χ1v) is 7.32. The van der Waals surface area contributed by atoms with Crippen LogP contribution >= 0.6 is 15.9 Å². The highest BCUT2D eigenvalue weighted by Gasteiger charge is 2.17. The first kappa shape index (κ1) is 16.8. The third kappa shape index (κ3) is 4.68. The topological polar surface area (TPSA) is 86.2 Å². The molecule has 0 bridgehead atoms. The zero-order valence-corrected chi connectivity index (χ0v) is 13.4. The highest BCUT2D eigenvalue weighted by atomic mass is 79.9. The second-order valence-corrected chi connectivity index (χ2v) is 5.36. The predicted octanol–water partition coefficient (Wildman–Crippen LogP) is 1.06. The van der Waals surface area contributed by atoms with Crippen molar-refractivity contribution in [1.29, 1.82) is 0 Å². The van der Waals surface area contributed by atoms with Crippen molar-refractivity contribution in [3.05, 3.63) is 22.2 Å². The molecule has 0 spiro atoms. The van der Waals surface area contributed by atoms with E-state index in [0.29, 0.717) is 18.1 Å². The monoisotopic (exact) mass is 345 g/mol. The number of aliphatic carboxylic acids is 1. The fourth-order valence-electron chi connectivity index (χ4n) is 1.75. The lowest BCUT2D eigenvalue weighted by Gasteiger charge is -2.16. The number of quaternary nitrogens is 1. The van der Waals surface area contributed by atoms with E-state index in [-0.39, 0.29) is 6.42 Å². The van der Waals surface area contributed by atoms with Gasteiger partial charge in [-0.2, -0.15) is 0 Å². The molecule has 1 rings (SSSR count). The molecule has 1 atom stereocenters. The molecule has 0 radical (unpaired) electrons. The van der Waals surface area contributed by atoms with Gasteiger partial charge in [-0.15, -0.1) is 0 Å². The molecule has 0 unspecified atom stereocenters. The molecule has 0 fully saturated rings. The maximum absolute atomic E-state index is 10.6. The summed E-state index contributed by atoms with van der Waals surface area (Å²) in [6.45, 7) is 2.70. The van der Waals surface area contributed by atoms with Crippen molar-refractivity contribution in [3.8, 4) is 11.5 Å². The number of ether oxygens (including phenoxy) is 2. The molecule has 1 aromatic rings. The number of carbonyl (C=O) groups excluding carboxylic acids is 1. The summed E-state index contributed by atoms with van der Waals surface area (Å²) in [6.07, 6.45) is 1.87. The first-order valence-electron chi connectivity index (χ1n) is 6.52. The number of benzene rings is 1. The van der Waals surface area contributed by atoms with Crippen LogP contribution in [0.15, 0.2) is 16.6 Å². The van der Waals surface area contributed by atoms with Gasteiger partial charge in [-0.05, 0) is 34.5 Å². The summed E-state index contributed by atoms with van der Waals surface area (Å²) in [5, 5.41) is 10.6. The van der Waals surface area contributed by atoms with Gasteiger partial charge < -0.3 is 25.1 Å². The van der Waals surface area contributed by atoms with E-state index in [9.17, 15) is 9.90 Å². The Morgan fingerprint density at radius 2 is 2.20 bits per heavy atom. The summed E-state index contributed by atoms with van der Waals surface area (Å²) >= 11 is 3.43. The maximum atomic E-state index is 10.6. The smallest absolute Gasteiger partial charge is 0.175 e. The number of carbonyl (C=O) groups is 1. The number of methoxy groups -OCH3 is 1. The lowest BCUT2D eigenvalue weighted by molar-refractivity contribution is -0.430. The summed E-state index contributed by atoms with van der Waals surface area (Å²) in [4.78, 5) is 10.6. The molecular weight excluding hydrogens is 326 g/mol. The number of halogens is 1. The van der Waals surface area contributed by atoms with Crippen LogP contribution in [0.4, 0.5) is 0 Å². The first-order chi connectivity index (χ1) is 9.49. The van der Waals surface area contributed by atoms with Crippen molar-refractivity contribution in [1.82, 2.24) is 0 Å². The van der Waals surface area contributed by atoms with Crippen LogP contribution in [-0.2, 0) is 4.79 Å². The molecule has 0 heterocycles. The van der Waals surface area contributed by atoms with E-state index in [0.717, 1.165) is 22.9 Å². The quantitative estimate of drug-likeness (QED) is 0.713. The second-order valence-electron chi connectivity index (χ2n) is 4.51. The minimum atomic E-state index is -1.12. The SMILES string of the molecule is CCCCOc1c(Br)cc([C@@H]([NH3+])CC(=O)[O-])cc1OC. The Balaban J connectivity index is 2.97. The predicted molar refractivity (Wildman–Crippen MR) is 76.4 cm³/mol. The Bertz CT molecular complexity index is 465. The Kier molecular flexibility index (Phi) is 6.81. The van der Waals surface area contributed by atoms with Crippen LogP contribution in [0.3, 0.4) is 0 Å². The van der Waals surface area contributed by atoms with Gasteiger partial charge in [0, 0.05) is 18.0 Å². The molecule has 0 aliphatic rings. The molecule has 0 aromatic heterocycles. The second kappa shape index (κ2) is 8.11. The number of hydrogen-bond donors (Lipinski definition) is 1. The largest absolute Gasteiger partial charge is 0.550 e. The van der Waals surface area contributed by atoms with E-state index in [1.807, 2.05) is 6.07 Å². The molecule has 0 aliphatic carbocycles. The highest BCUT2D eigenvalue weighted by Crippen LogP contribution is 2.38. The Labute approximate surface area is 127 Å². The summed E-state index contributed by atoms with van der Waals surface area (Å²) < 4.78 is 11.7. The third-order valence-electron chi connectivity index (χ3n) is 2.88. The van der Waals surface area contributed by atoms with Gasteiger partial charge in [0.05, 0.1) is 18.2 Å². The summed E-state index contributed by atoms with van der Waals surface area (Å²) in [7, 11) is 1.55. The van der Waals surface area contributed by atoms with E-state index < -0.39 is 12.0 Å². The van der Waals surface area contributed by atoms with E-state index in [2.05, 4.69) is 28.6 Å². The zero-order valence-electron chi connectivity index (χ0n) is 11.8. The van der Waals surface area contributed by atoms with Crippen LogP contribution in [0, 0.1) is 0 Å². The maximum Gasteiger partial charge on any atom is 0.175 e. The van der Waals surface area contributed by atoms with Crippen molar-refractivity contribution in [2.45, 2.75) is 32.2 Å². The van der Waals surface area contributed by atoms with Crippen LogP contribution in [0.2, 0.25) is 0 Å². The summed E-state index contributed by atoms with van der Waals surface area (Å²) in [6, 6.07) is 3.17. The van der Waals surface area contributed by atoms with Crippen molar-refractivity contribution >= 4 is 21.9 Å². The molecule has 112 valence electrons. The van der Waals surface area contributed by atoms with Gasteiger partial charge in [-0.1, -0.05) is 13.3 Å². The number of unbranched alkanes of at least 4 members (excludes halogenated alkanes) is 1. The zero-order chi connectivity index (χ0) is 15.1. The molecule has 0 aliphatic heterocycles. The summed E-state index contributed by atoms with van der Waals surface area (Å²) in [5.41, 5.74) is 4.60. The number of hydrogen-bond acceptors (Lipinski definition) is 4. The average molecular weight is 346 g/mol. The van der Waals surface area contributed by atoms with Crippen LogP contribution in [-0.4, -0.2) is 19.7 Å². The third-order valence-corrected chi connectivity index (χ3v) is 3.47. The van der Waals surface area contributed by atoms with Crippen molar-refractivity contribution in [2.24, 2.45) is 0 Å². The fourth-order valence-corrected chi connectivity index (χ4v) is 2.33. The number of carboxylic acids is 1. The van der Waals surface area contributed by atoms with Crippen molar-refractivity contribution in [2.75, 3.05) is 13.7 Å². The Morgan fingerprint density at radius 3 is 2.75 bits per heavy atom. The van der Waals surface area contributed by atoms with Crippen molar-refractivity contribution in [3.63, 3.8) is 0 Å². The molecule has 1 aromatic carbocycles. The minimum absolute atomic E-state index is 0.133. The fraction of sp³-hybridized carbons (Fsp3) is 0.500. The Morgan fingerprint density at radius 1 is 1.50 bits per heavy atom. The van der Waals surface area contributed by atoms with Crippen LogP contribution in [0.1, 0.15) is 37.8 Å². The Hall–Kier alpha value is -1.27. The van der Waals surface area contributed by atoms with Crippen LogP contribution in [0.5, 0.6) is 11.5 Å². The van der Waals surface area contributed by atoms with Gasteiger partial charge in [0.15, 0.2) is 11.5 Å². The highest BCUT2D eigenvalue weighted by molar-refractivity contribution is 9.10. The van der Waals surface area contributed by atoms with Crippen LogP contribution < -0.4 is 20.3 Å². The van der Waals surface area contributed by atoms with Gasteiger partial charge in [-0.3, -0.25) is 0 Å². The number of rotatable bonds is 8. The molecule has 0 saturated heterocycles. The van der Waals surface area contributed by atoms with Gasteiger partial charge in [0.25, 0.3) is 0 Å². The number of carboxylic acid groups (broad SMARTS) is 1. The van der Waals surface area contributed by atoms with Crippen LogP contribution in [0.25, 0.3) is 0 Å². The van der Waals surface area contributed by atoms with E-state index in [1.54, 1.807) is 13.2 Å². The molecule has 0 saturated carbocycles. The van der Waals surface area contributed by atoms with E-state index in [4.69, 9.17) is 9.47 Å². The normalized spacial score (nSPS) is 12.0. The lowest BCUT2D eigenvalue weighted by Crippen LogP contribution is -2.55. The van der Waals surface area contributed by atoms with Gasteiger partial charge >= 0.3 is 0 Å². The van der Waals surface area contributed by atoms with Gasteiger partial charge in [0.1, 0.15) is 6.04 Å². The molecule has 6 heteroatoms. The molecular formula is C14H20BrNO4.